The van der Waals surface area contributed by atoms with Gasteiger partial charge in [-0.3, -0.25) is 0 Å². The summed E-state index contributed by atoms with van der Waals surface area (Å²) < 4.78 is 0. The van der Waals surface area contributed by atoms with Crippen molar-refractivity contribution in [3.8, 4) is 11.8 Å². The minimum Gasteiger partial charge on any atom is -0.0617 e. The third-order valence-corrected chi connectivity index (χ3v) is 4.49. The van der Waals surface area contributed by atoms with Gasteiger partial charge in [0.05, 0.1) is 0 Å². The molecule has 0 aliphatic carbocycles. The molecule has 0 heteroatoms. The van der Waals surface area contributed by atoms with Crippen molar-refractivity contribution in [1.29, 1.82) is 0 Å². The molecule has 0 bridgehead atoms. The molecule has 0 atom stereocenters. The molecule has 0 aromatic heterocycles. The zero-order valence-corrected chi connectivity index (χ0v) is 15.0. The van der Waals surface area contributed by atoms with E-state index in [1.54, 1.807) is 0 Å². The highest BCUT2D eigenvalue weighted by Crippen LogP contribution is 2.11. The van der Waals surface area contributed by atoms with Crippen LogP contribution in [0.25, 0.3) is 0 Å². The predicted octanol–water partition coefficient (Wildman–Crippen LogP) is 5.74. The van der Waals surface area contributed by atoms with Gasteiger partial charge in [-0.2, -0.15) is 0 Å². The van der Waals surface area contributed by atoms with E-state index in [9.17, 15) is 0 Å². The van der Waals surface area contributed by atoms with Crippen LogP contribution in [0.15, 0.2) is 72.8 Å². The Hall–Kier alpha value is -2.78. The molecule has 0 fully saturated rings. The van der Waals surface area contributed by atoms with Crippen LogP contribution in [-0.4, -0.2) is 0 Å². The van der Waals surface area contributed by atoms with Crippen LogP contribution in [-0.2, 0) is 19.3 Å². The zero-order valence-electron chi connectivity index (χ0n) is 15.0. The minimum absolute atomic E-state index is 1.06. The maximum atomic E-state index is 3.24. The second kappa shape index (κ2) is 8.36. The number of aryl methyl sites for hydroxylation is 4. The van der Waals surface area contributed by atoms with Gasteiger partial charge in [-0.25, -0.2) is 0 Å². The molecule has 0 N–H and O–H groups in total. The highest BCUT2D eigenvalue weighted by atomic mass is 14.0. The average Bonchev–Trinajstić information content (AvgIpc) is 2.67. The van der Waals surface area contributed by atoms with E-state index in [1.165, 1.54) is 22.3 Å². The topological polar surface area (TPSA) is 0 Å². The quantitative estimate of drug-likeness (QED) is 0.537. The van der Waals surface area contributed by atoms with Crippen LogP contribution in [0, 0.1) is 18.8 Å². The molecule has 3 aromatic carbocycles. The summed E-state index contributed by atoms with van der Waals surface area (Å²) >= 11 is 0. The molecule has 0 aliphatic rings. The maximum Gasteiger partial charge on any atom is 0.0249 e. The van der Waals surface area contributed by atoms with Crippen molar-refractivity contribution >= 4 is 0 Å². The van der Waals surface area contributed by atoms with Gasteiger partial charge >= 0.3 is 0 Å². The van der Waals surface area contributed by atoms with Crippen LogP contribution < -0.4 is 0 Å². The Kier molecular flexibility index (Phi) is 5.70. The Bertz CT molecular complexity index is 855. The van der Waals surface area contributed by atoms with Crippen LogP contribution in [0.1, 0.15) is 40.3 Å². The average molecular weight is 324 g/mol. The van der Waals surface area contributed by atoms with E-state index in [-0.39, 0.29) is 0 Å². The van der Waals surface area contributed by atoms with Gasteiger partial charge in [-0.15, -0.1) is 0 Å². The van der Waals surface area contributed by atoms with E-state index < -0.39 is 0 Å². The van der Waals surface area contributed by atoms with E-state index in [1.807, 2.05) is 0 Å². The van der Waals surface area contributed by atoms with Gasteiger partial charge in [-0.1, -0.05) is 72.9 Å². The predicted molar refractivity (Wildman–Crippen MR) is 107 cm³/mol. The molecule has 0 radical (unpaired) electrons. The first-order chi connectivity index (χ1) is 12.2. The first-order valence-electron chi connectivity index (χ1n) is 8.98. The van der Waals surface area contributed by atoms with Crippen molar-refractivity contribution < 1.29 is 0 Å². The number of hydrogen-bond donors (Lipinski definition) is 0. The summed E-state index contributed by atoms with van der Waals surface area (Å²) in [6.45, 7) is 4.28. The summed E-state index contributed by atoms with van der Waals surface area (Å²) in [4.78, 5) is 0. The molecule has 0 spiro atoms. The molecule has 124 valence electrons. The van der Waals surface area contributed by atoms with Crippen molar-refractivity contribution in [2.75, 3.05) is 0 Å². The molecule has 0 unspecified atom stereocenters. The van der Waals surface area contributed by atoms with E-state index >= 15 is 0 Å². The lowest BCUT2D eigenvalue weighted by Gasteiger charge is -2.04. The Morgan fingerprint density at radius 1 is 0.560 bits per heavy atom. The SMILES string of the molecule is CCc1ccc(CCc2ccc(C#Cc3ccc(C)cc3)cc2)cc1. The van der Waals surface area contributed by atoms with Crippen LogP contribution in [0.5, 0.6) is 0 Å². The van der Waals surface area contributed by atoms with Gasteiger partial charge in [0.1, 0.15) is 0 Å². The molecule has 3 aromatic rings. The van der Waals surface area contributed by atoms with E-state index in [2.05, 4.69) is 98.5 Å². The van der Waals surface area contributed by atoms with Gasteiger partial charge in [0.25, 0.3) is 0 Å². The van der Waals surface area contributed by atoms with E-state index in [4.69, 9.17) is 0 Å². The van der Waals surface area contributed by atoms with Gasteiger partial charge in [0.2, 0.25) is 0 Å². The maximum absolute atomic E-state index is 3.24. The first-order valence-corrected chi connectivity index (χ1v) is 8.98. The highest BCUT2D eigenvalue weighted by Gasteiger charge is 1.97. The summed E-state index contributed by atoms with van der Waals surface area (Å²) in [5.41, 5.74) is 7.56. The lowest BCUT2D eigenvalue weighted by Crippen LogP contribution is -1.92. The third kappa shape index (κ3) is 5.10. The molecule has 0 aliphatic heterocycles. The third-order valence-electron chi connectivity index (χ3n) is 4.49. The minimum atomic E-state index is 1.06. The fraction of sp³-hybridized carbons (Fsp3) is 0.200. The van der Waals surface area contributed by atoms with Crippen molar-refractivity contribution in [3.63, 3.8) is 0 Å². The van der Waals surface area contributed by atoms with Gasteiger partial charge in [-0.05, 0) is 67.1 Å². The Labute approximate surface area is 151 Å². The van der Waals surface area contributed by atoms with Crippen molar-refractivity contribution in [1.82, 2.24) is 0 Å². The molecule has 0 amide bonds. The first kappa shape index (κ1) is 17.1. The van der Waals surface area contributed by atoms with Crippen molar-refractivity contribution in [2.45, 2.75) is 33.1 Å². The fourth-order valence-electron chi connectivity index (χ4n) is 2.77. The second-order valence-corrected chi connectivity index (χ2v) is 6.48. The Morgan fingerprint density at radius 3 is 1.44 bits per heavy atom. The molecular weight excluding hydrogens is 300 g/mol. The number of hydrogen-bond acceptors (Lipinski definition) is 0. The van der Waals surface area contributed by atoms with Crippen LogP contribution >= 0.6 is 0 Å². The molecule has 0 nitrogen and oxygen atoms in total. The lowest BCUT2D eigenvalue weighted by atomic mass is 10.0. The van der Waals surface area contributed by atoms with E-state index in [0.717, 1.165) is 30.4 Å². The lowest BCUT2D eigenvalue weighted by molar-refractivity contribution is 0.957. The highest BCUT2D eigenvalue weighted by molar-refractivity contribution is 5.44. The number of benzene rings is 3. The monoisotopic (exact) mass is 324 g/mol. The molecule has 0 saturated carbocycles. The Morgan fingerprint density at radius 2 is 0.960 bits per heavy atom. The summed E-state index contributed by atoms with van der Waals surface area (Å²) in [7, 11) is 0. The standard InChI is InChI=1S/C25H24/c1-3-21-8-10-23(11-9-21)14-15-25-18-16-24(17-19-25)13-12-22-6-4-20(2)5-7-22/h4-11,16-19H,3,14-15H2,1-2H3. The zero-order chi connectivity index (χ0) is 17.5. The molecule has 0 heterocycles. The summed E-state index contributed by atoms with van der Waals surface area (Å²) in [5, 5.41) is 0. The summed E-state index contributed by atoms with van der Waals surface area (Å²) in [6.07, 6.45) is 3.25. The summed E-state index contributed by atoms with van der Waals surface area (Å²) in [5.74, 6) is 6.47. The second-order valence-electron chi connectivity index (χ2n) is 6.48. The normalized spacial score (nSPS) is 10.2. The van der Waals surface area contributed by atoms with Crippen LogP contribution in [0.3, 0.4) is 0 Å². The fourth-order valence-corrected chi connectivity index (χ4v) is 2.77. The van der Waals surface area contributed by atoms with Crippen LogP contribution in [0.2, 0.25) is 0 Å². The van der Waals surface area contributed by atoms with Crippen LogP contribution in [0.4, 0.5) is 0 Å². The smallest absolute Gasteiger partial charge is 0.0249 e. The molecule has 0 saturated heterocycles. The van der Waals surface area contributed by atoms with E-state index in [0.29, 0.717) is 0 Å². The molecular formula is C25H24. The molecule has 25 heavy (non-hydrogen) atoms. The largest absolute Gasteiger partial charge is 0.0617 e. The van der Waals surface area contributed by atoms with Crippen molar-refractivity contribution in [3.05, 3.63) is 106 Å². The number of rotatable bonds is 4. The Balaban J connectivity index is 1.59. The van der Waals surface area contributed by atoms with Gasteiger partial charge in [0, 0.05) is 11.1 Å². The molecule has 3 rings (SSSR count). The van der Waals surface area contributed by atoms with Crippen molar-refractivity contribution in [2.24, 2.45) is 0 Å². The summed E-state index contributed by atoms with van der Waals surface area (Å²) in [6, 6.07) is 25.9. The van der Waals surface area contributed by atoms with Gasteiger partial charge in [0.15, 0.2) is 0 Å². The van der Waals surface area contributed by atoms with Gasteiger partial charge < -0.3 is 0 Å².